The Balaban J connectivity index is 1.97. The molecule has 222 valence electrons. The van der Waals surface area contributed by atoms with Gasteiger partial charge < -0.3 is 29.4 Å². The van der Waals surface area contributed by atoms with Crippen LogP contribution < -0.4 is 21.0 Å². The molecule has 5 unspecified atom stereocenters. The topological polar surface area (TPSA) is 147 Å². The molecule has 1 saturated heterocycles. The van der Waals surface area contributed by atoms with E-state index in [4.69, 9.17) is 36.1 Å². The molecular formula is C22H26F5N4O7PS. The number of ether oxygens (including phenoxy) is 2. The fraction of sp³-hybridized carbons (Fsp3) is 0.500. The molecule has 4 N–H and O–H groups in total. The molecule has 18 heteroatoms. The minimum absolute atomic E-state index is 0.0424. The Hall–Kier alpha value is -2.69. The molecule has 2 aromatic rings. The molecule has 0 spiro atoms. The summed E-state index contributed by atoms with van der Waals surface area (Å²) >= 11 is 5.35. The summed E-state index contributed by atoms with van der Waals surface area (Å²) in [6.07, 6.45) is -9.92. The predicted molar refractivity (Wildman–Crippen MR) is 134 cm³/mol. The van der Waals surface area contributed by atoms with Crippen molar-refractivity contribution in [2.45, 2.75) is 63.2 Å². The second-order valence-corrected chi connectivity index (χ2v) is 12.1. The number of nitrogen functional groups attached to an aromatic ring is 1. The second kappa shape index (κ2) is 12.0. The summed E-state index contributed by atoms with van der Waals surface area (Å²) in [5, 5.41) is 12.8. The van der Waals surface area contributed by atoms with Crippen LogP contribution in [-0.4, -0.2) is 63.4 Å². The monoisotopic (exact) mass is 616 g/mol. The lowest BCUT2D eigenvalue weighted by Gasteiger charge is -2.35. The van der Waals surface area contributed by atoms with E-state index in [1.165, 1.54) is 31.2 Å². The van der Waals surface area contributed by atoms with Crippen molar-refractivity contribution in [2.24, 2.45) is 0 Å². The first-order chi connectivity index (χ1) is 18.5. The van der Waals surface area contributed by atoms with Gasteiger partial charge in [-0.05, 0) is 44.7 Å². The smallest absolute Gasteiger partial charge is 0.351 e. The number of nitrogens with one attached hydrogen (secondary N) is 1. The molecule has 0 saturated carbocycles. The molecule has 40 heavy (non-hydrogen) atoms. The van der Waals surface area contributed by atoms with E-state index < -0.39 is 79.0 Å². The number of halogens is 5. The van der Waals surface area contributed by atoms with Gasteiger partial charge in [0.15, 0.2) is 24.0 Å². The molecule has 1 aromatic heterocycles. The highest BCUT2D eigenvalue weighted by Gasteiger charge is 2.74. The van der Waals surface area contributed by atoms with Crippen molar-refractivity contribution in [3.8, 4) is 5.75 Å². The number of aliphatic hydroxyl groups excluding tert-OH is 1. The first-order valence-electron chi connectivity index (χ1n) is 11.6. The molecule has 5 atom stereocenters. The molecule has 1 fully saturated rings. The Morgan fingerprint density at radius 2 is 1.93 bits per heavy atom. The Kier molecular flexibility index (Phi) is 9.58. The van der Waals surface area contributed by atoms with Gasteiger partial charge in [0.2, 0.25) is 5.60 Å². The molecule has 2 heterocycles. The quantitative estimate of drug-likeness (QED) is 0.195. The van der Waals surface area contributed by atoms with Crippen LogP contribution in [0.25, 0.3) is 0 Å². The number of para-hydroxylation sites is 1. The number of nitrogens with zero attached hydrogens (tertiary/aromatic N) is 2. The van der Waals surface area contributed by atoms with Gasteiger partial charge in [-0.1, -0.05) is 18.2 Å². The maximum atomic E-state index is 15.3. The zero-order valence-electron chi connectivity index (χ0n) is 21.2. The van der Waals surface area contributed by atoms with E-state index >= 15 is 8.78 Å². The van der Waals surface area contributed by atoms with Gasteiger partial charge in [-0.15, -0.1) is 0 Å². The van der Waals surface area contributed by atoms with Crippen LogP contribution in [0.1, 0.15) is 27.0 Å². The van der Waals surface area contributed by atoms with Crippen LogP contribution >= 0.6 is 6.64 Å². The Morgan fingerprint density at radius 1 is 1.30 bits per heavy atom. The van der Waals surface area contributed by atoms with E-state index in [9.17, 15) is 27.9 Å². The SMILES string of the molecule is CC(C)OC(=O)C(C)NP(=S)(OCC1(C(F)F)OC(n2cc(F)c(N)nc2=O)C(O)C1(F)F)Oc1ccccc1. The number of anilines is 1. The minimum atomic E-state index is -4.79. The highest BCUT2D eigenvalue weighted by atomic mass is 32.5. The lowest BCUT2D eigenvalue weighted by molar-refractivity contribution is -0.241. The third-order valence-electron chi connectivity index (χ3n) is 5.57. The zero-order valence-corrected chi connectivity index (χ0v) is 22.9. The number of carbonyl (C=O) groups excluding carboxylic acids is 1. The number of carbonyl (C=O) groups is 1. The molecule has 1 aromatic carbocycles. The van der Waals surface area contributed by atoms with Crippen LogP contribution in [0.2, 0.25) is 0 Å². The summed E-state index contributed by atoms with van der Waals surface area (Å²) in [6.45, 7) is -1.39. The summed E-state index contributed by atoms with van der Waals surface area (Å²) in [5.74, 6) is -7.83. The lowest BCUT2D eigenvalue weighted by atomic mass is 9.95. The normalized spacial score (nSPS) is 24.6. The Bertz CT molecular complexity index is 1320. The number of aromatic nitrogens is 2. The van der Waals surface area contributed by atoms with Crippen LogP contribution in [0.15, 0.2) is 41.3 Å². The van der Waals surface area contributed by atoms with Crippen molar-refractivity contribution in [3.05, 3.63) is 52.8 Å². The molecule has 0 aliphatic carbocycles. The highest BCUT2D eigenvalue weighted by Crippen LogP contribution is 2.54. The van der Waals surface area contributed by atoms with Gasteiger partial charge in [0.05, 0.1) is 18.9 Å². The Morgan fingerprint density at radius 3 is 2.50 bits per heavy atom. The summed E-state index contributed by atoms with van der Waals surface area (Å²) < 4.78 is 94.4. The van der Waals surface area contributed by atoms with E-state index in [-0.39, 0.29) is 16.5 Å². The first kappa shape index (κ1) is 31.8. The lowest BCUT2D eigenvalue weighted by Crippen LogP contribution is -2.57. The summed E-state index contributed by atoms with van der Waals surface area (Å²) in [4.78, 5) is 27.6. The first-order valence-corrected chi connectivity index (χ1v) is 14.2. The third kappa shape index (κ3) is 6.44. The zero-order chi connectivity index (χ0) is 30.0. The largest absolute Gasteiger partial charge is 0.462 e. The number of benzene rings is 1. The van der Waals surface area contributed by atoms with Crippen LogP contribution in [0.5, 0.6) is 5.75 Å². The standard InChI is InChI=1S/C22H26F5N4O7PS/c1-11(2)36-18(33)12(3)30-39(40,38-13-7-5-4-6-8-13)35-10-21(19(24)25)22(26,27)15(32)17(37-21)31-9-14(23)16(28)29-20(31)34/h4-9,11-12,15,17,19,32H,10H2,1-3H3,(H,30,40)(H2,28,29,34). The van der Waals surface area contributed by atoms with Gasteiger partial charge in [-0.25, -0.2) is 23.1 Å². The number of esters is 1. The number of hydrogen-bond acceptors (Lipinski definition) is 10. The van der Waals surface area contributed by atoms with Gasteiger partial charge in [0.25, 0.3) is 6.43 Å². The van der Waals surface area contributed by atoms with Crippen molar-refractivity contribution in [3.63, 3.8) is 0 Å². The van der Waals surface area contributed by atoms with Crippen molar-refractivity contribution in [1.29, 1.82) is 0 Å². The number of alkyl halides is 4. The molecule has 0 amide bonds. The van der Waals surface area contributed by atoms with E-state index in [1.807, 2.05) is 0 Å². The number of hydrogen-bond donors (Lipinski definition) is 3. The van der Waals surface area contributed by atoms with E-state index in [0.29, 0.717) is 0 Å². The van der Waals surface area contributed by atoms with Gasteiger partial charge in [0.1, 0.15) is 11.8 Å². The average Bonchev–Trinajstić information content (AvgIpc) is 3.06. The molecule has 11 nitrogen and oxygen atoms in total. The van der Waals surface area contributed by atoms with Gasteiger partial charge in [-0.3, -0.25) is 9.36 Å². The van der Waals surface area contributed by atoms with Crippen LogP contribution in [0.3, 0.4) is 0 Å². The number of rotatable bonds is 11. The average molecular weight is 617 g/mol. The molecule has 1 aliphatic rings. The summed E-state index contributed by atoms with van der Waals surface area (Å²) in [6, 6.07) is 6.23. The fourth-order valence-electron chi connectivity index (χ4n) is 3.54. The predicted octanol–water partition coefficient (Wildman–Crippen LogP) is 2.74. The molecule has 1 aliphatic heterocycles. The van der Waals surface area contributed by atoms with Crippen LogP contribution in [0, 0.1) is 5.82 Å². The maximum Gasteiger partial charge on any atom is 0.351 e. The molecule has 3 rings (SSSR count). The van der Waals surface area contributed by atoms with Crippen molar-refractivity contribution in [1.82, 2.24) is 14.6 Å². The van der Waals surface area contributed by atoms with Crippen molar-refractivity contribution in [2.75, 3.05) is 12.3 Å². The summed E-state index contributed by atoms with van der Waals surface area (Å²) in [7, 11) is 0. The number of nitrogens with two attached hydrogens (primary N) is 1. The van der Waals surface area contributed by atoms with Gasteiger partial charge in [-0.2, -0.15) is 13.8 Å². The fourth-order valence-corrected chi connectivity index (χ4v) is 5.95. The molecule has 0 bridgehead atoms. The van der Waals surface area contributed by atoms with E-state index in [1.54, 1.807) is 19.9 Å². The van der Waals surface area contributed by atoms with E-state index in [0.717, 1.165) is 0 Å². The highest BCUT2D eigenvalue weighted by molar-refractivity contribution is 8.09. The van der Waals surface area contributed by atoms with Crippen molar-refractivity contribution < 1.29 is 50.4 Å². The maximum absolute atomic E-state index is 15.3. The van der Waals surface area contributed by atoms with Gasteiger partial charge in [0, 0.05) is 0 Å². The van der Waals surface area contributed by atoms with E-state index in [2.05, 4.69) is 10.1 Å². The summed E-state index contributed by atoms with van der Waals surface area (Å²) in [5.41, 5.74) is -0.200. The van der Waals surface area contributed by atoms with Crippen molar-refractivity contribution >= 4 is 30.2 Å². The van der Waals surface area contributed by atoms with Crippen LogP contribution in [-0.2, 0) is 30.6 Å². The van der Waals surface area contributed by atoms with Gasteiger partial charge >= 0.3 is 24.2 Å². The molecule has 0 radical (unpaired) electrons. The molecular weight excluding hydrogens is 590 g/mol. The minimum Gasteiger partial charge on any atom is -0.462 e. The number of aliphatic hydroxyl groups is 1. The second-order valence-electron chi connectivity index (χ2n) is 8.94. The Labute approximate surface area is 229 Å². The van der Waals surface area contributed by atoms with Crippen LogP contribution in [0.4, 0.5) is 27.8 Å². The third-order valence-corrected chi connectivity index (χ3v) is 8.05.